The van der Waals surface area contributed by atoms with Crippen LogP contribution in [0.15, 0.2) is 40.7 Å². The molecule has 6 nitrogen and oxygen atoms in total. The number of hydrogen-bond donors (Lipinski definition) is 1. The second-order valence-corrected chi connectivity index (χ2v) is 8.74. The Morgan fingerprint density at radius 1 is 1.17 bits per heavy atom. The Bertz CT molecular complexity index is 1030. The molecule has 0 atom stereocenters. The molecule has 0 aliphatic rings. The number of carbonyl (C=O) groups is 1. The molecule has 0 saturated heterocycles. The molecule has 29 heavy (non-hydrogen) atoms. The van der Waals surface area contributed by atoms with Gasteiger partial charge >= 0.3 is 0 Å². The zero-order valence-corrected chi connectivity index (χ0v) is 18.0. The highest BCUT2D eigenvalue weighted by Crippen LogP contribution is 2.28. The van der Waals surface area contributed by atoms with Gasteiger partial charge in [-0.25, -0.2) is 0 Å². The molecule has 0 fully saturated rings. The maximum absolute atomic E-state index is 12.2. The maximum atomic E-state index is 12.2. The molecule has 3 aromatic rings. The number of anilines is 1. The highest BCUT2D eigenvalue weighted by Gasteiger charge is 2.12. The zero-order valence-electron chi connectivity index (χ0n) is 16.4. The number of rotatable bonds is 7. The van der Waals surface area contributed by atoms with Crippen molar-refractivity contribution in [3.05, 3.63) is 64.2 Å². The number of amides is 1. The summed E-state index contributed by atoms with van der Waals surface area (Å²) in [6.45, 7) is 5.88. The van der Waals surface area contributed by atoms with Crippen LogP contribution in [0.4, 0.5) is 5.13 Å². The minimum Gasteiger partial charge on any atom is -0.483 e. The number of carbonyl (C=O) groups excluding carboxylic acids is 1. The van der Waals surface area contributed by atoms with Gasteiger partial charge in [-0.2, -0.15) is 5.26 Å². The molecule has 2 aromatic carbocycles. The summed E-state index contributed by atoms with van der Waals surface area (Å²) in [5, 5.41) is 20.1. The molecule has 1 aromatic heterocycles. The normalized spacial score (nSPS) is 10.4. The fraction of sp³-hybridized carbons (Fsp3) is 0.238. The first-order valence-electron chi connectivity index (χ1n) is 8.90. The summed E-state index contributed by atoms with van der Waals surface area (Å²) in [5.41, 5.74) is 4.90. The summed E-state index contributed by atoms with van der Waals surface area (Å²) in [7, 11) is 0. The Balaban J connectivity index is 1.50. The van der Waals surface area contributed by atoms with Gasteiger partial charge in [0.1, 0.15) is 5.75 Å². The maximum Gasteiger partial charge on any atom is 0.264 e. The predicted octanol–water partition coefficient (Wildman–Crippen LogP) is 4.64. The van der Waals surface area contributed by atoms with Crippen LogP contribution in [0.2, 0.25) is 0 Å². The van der Waals surface area contributed by atoms with Crippen molar-refractivity contribution in [2.45, 2.75) is 30.9 Å². The number of hydrogen-bond acceptors (Lipinski definition) is 7. The number of benzene rings is 2. The third kappa shape index (κ3) is 5.79. The van der Waals surface area contributed by atoms with E-state index in [0.29, 0.717) is 16.4 Å². The lowest BCUT2D eigenvalue weighted by Gasteiger charge is -2.12. The molecule has 0 aliphatic carbocycles. The lowest BCUT2D eigenvalue weighted by molar-refractivity contribution is -0.118. The first-order valence-corrected chi connectivity index (χ1v) is 10.7. The molecule has 0 radical (unpaired) electrons. The van der Waals surface area contributed by atoms with E-state index in [1.165, 1.54) is 23.1 Å². The van der Waals surface area contributed by atoms with Crippen molar-refractivity contribution in [1.29, 1.82) is 5.26 Å². The van der Waals surface area contributed by atoms with Gasteiger partial charge in [0, 0.05) is 5.75 Å². The van der Waals surface area contributed by atoms with Gasteiger partial charge in [0.2, 0.25) is 5.13 Å². The summed E-state index contributed by atoms with van der Waals surface area (Å²) in [5.74, 6) is 1.18. The highest BCUT2D eigenvalue weighted by atomic mass is 32.2. The first kappa shape index (κ1) is 20.8. The molecule has 0 bridgehead atoms. The van der Waals surface area contributed by atoms with E-state index in [-0.39, 0.29) is 12.5 Å². The number of ether oxygens (including phenoxy) is 1. The van der Waals surface area contributed by atoms with Gasteiger partial charge in [-0.15, -0.1) is 10.2 Å². The van der Waals surface area contributed by atoms with Gasteiger partial charge in [0.05, 0.1) is 11.6 Å². The van der Waals surface area contributed by atoms with Crippen LogP contribution in [0.1, 0.15) is 27.8 Å². The fourth-order valence-corrected chi connectivity index (χ4v) is 4.55. The first-order chi connectivity index (χ1) is 13.9. The molecule has 0 spiro atoms. The molecule has 148 valence electrons. The number of aromatic nitrogens is 2. The van der Waals surface area contributed by atoms with Gasteiger partial charge < -0.3 is 4.74 Å². The smallest absolute Gasteiger partial charge is 0.264 e. The molecule has 1 N–H and O–H groups in total. The Kier molecular flexibility index (Phi) is 6.86. The molecule has 1 heterocycles. The van der Waals surface area contributed by atoms with Crippen LogP contribution in [0.25, 0.3) is 0 Å². The van der Waals surface area contributed by atoms with E-state index < -0.39 is 0 Å². The topological polar surface area (TPSA) is 87.9 Å². The van der Waals surface area contributed by atoms with Gasteiger partial charge in [-0.05, 0) is 49.6 Å². The Morgan fingerprint density at radius 3 is 2.52 bits per heavy atom. The average Bonchev–Trinajstić information content (AvgIpc) is 3.13. The van der Waals surface area contributed by atoms with Crippen molar-refractivity contribution in [3.8, 4) is 11.8 Å². The SMILES string of the molecule is Cc1cc(C)c(OCC(=O)Nc2nnc(SCc3ccc(C#N)cc3)s2)c(C)c1. The van der Waals surface area contributed by atoms with Gasteiger partial charge in [-0.3, -0.25) is 10.1 Å². The minimum atomic E-state index is -0.274. The van der Waals surface area contributed by atoms with E-state index in [9.17, 15) is 4.79 Å². The molecule has 3 rings (SSSR count). The second kappa shape index (κ2) is 9.54. The van der Waals surface area contributed by atoms with Crippen molar-refractivity contribution in [1.82, 2.24) is 10.2 Å². The van der Waals surface area contributed by atoms with Crippen LogP contribution in [0.3, 0.4) is 0 Å². The van der Waals surface area contributed by atoms with E-state index in [4.69, 9.17) is 10.00 Å². The molecular formula is C21H20N4O2S2. The van der Waals surface area contributed by atoms with E-state index in [2.05, 4.69) is 21.6 Å². The number of aryl methyl sites for hydroxylation is 3. The fourth-order valence-electron chi connectivity index (χ4n) is 2.83. The van der Waals surface area contributed by atoms with Crippen LogP contribution >= 0.6 is 23.1 Å². The highest BCUT2D eigenvalue weighted by molar-refractivity contribution is 8.00. The van der Waals surface area contributed by atoms with Crippen LogP contribution in [-0.4, -0.2) is 22.7 Å². The van der Waals surface area contributed by atoms with E-state index in [1.54, 1.807) is 12.1 Å². The van der Waals surface area contributed by atoms with Gasteiger partial charge in [-0.1, -0.05) is 52.9 Å². The number of thioether (sulfide) groups is 1. The Morgan fingerprint density at radius 2 is 1.86 bits per heavy atom. The summed E-state index contributed by atoms with van der Waals surface area (Å²) in [4.78, 5) is 12.2. The molecule has 1 amide bonds. The zero-order chi connectivity index (χ0) is 20.8. The van der Waals surface area contributed by atoms with E-state index in [1.807, 2.05) is 45.0 Å². The summed E-state index contributed by atoms with van der Waals surface area (Å²) >= 11 is 2.85. The Hall–Kier alpha value is -2.89. The third-order valence-corrected chi connectivity index (χ3v) is 6.09. The predicted molar refractivity (Wildman–Crippen MR) is 115 cm³/mol. The molecular weight excluding hydrogens is 404 g/mol. The van der Waals surface area contributed by atoms with Crippen LogP contribution < -0.4 is 10.1 Å². The quantitative estimate of drug-likeness (QED) is 0.439. The molecule has 0 saturated carbocycles. The van der Waals surface area contributed by atoms with Crippen LogP contribution in [0, 0.1) is 32.1 Å². The third-order valence-electron chi connectivity index (χ3n) is 4.05. The summed E-state index contributed by atoms with van der Waals surface area (Å²) in [6, 6.07) is 13.6. The summed E-state index contributed by atoms with van der Waals surface area (Å²) in [6.07, 6.45) is 0. The number of nitrogens with one attached hydrogen (secondary N) is 1. The van der Waals surface area contributed by atoms with Crippen LogP contribution in [-0.2, 0) is 10.5 Å². The standard InChI is InChI=1S/C21H20N4O2S2/c1-13-8-14(2)19(15(3)9-13)27-11-18(26)23-20-24-25-21(29-20)28-12-17-6-4-16(10-22)5-7-17/h4-9H,11-12H2,1-3H3,(H,23,24,26). The lowest BCUT2D eigenvalue weighted by atomic mass is 10.1. The summed E-state index contributed by atoms with van der Waals surface area (Å²) < 4.78 is 6.46. The lowest BCUT2D eigenvalue weighted by Crippen LogP contribution is -2.20. The number of nitrogens with zero attached hydrogens (tertiary/aromatic N) is 3. The van der Waals surface area contributed by atoms with Crippen molar-refractivity contribution in [2.75, 3.05) is 11.9 Å². The van der Waals surface area contributed by atoms with Crippen molar-refractivity contribution >= 4 is 34.1 Å². The minimum absolute atomic E-state index is 0.0853. The van der Waals surface area contributed by atoms with Crippen molar-refractivity contribution in [2.24, 2.45) is 0 Å². The van der Waals surface area contributed by atoms with Gasteiger partial charge in [0.25, 0.3) is 5.91 Å². The van der Waals surface area contributed by atoms with Gasteiger partial charge in [0.15, 0.2) is 10.9 Å². The monoisotopic (exact) mass is 424 g/mol. The second-order valence-electron chi connectivity index (χ2n) is 6.54. The Labute approximate surface area is 177 Å². The largest absolute Gasteiger partial charge is 0.483 e. The van der Waals surface area contributed by atoms with E-state index in [0.717, 1.165) is 32.3 Å². The molecule has 0 aliphatic heterocycles. The van der Waals surface area contributed by atoms with E-state index >= 15 is 0 Å². The van der Waals surface area contributed by atoms with Crippen molar-refractivity contribution < 1.29 is 9.53 Å². The average molecular weight is 425 g/mol. The molecule has 0 unspecified atom stereocenters. The number of nitriles is 1. The molecule has 8 heteroatoms. The van der Waals surface area contributed by atoms with Crippen LogP contribution in [0.5, 0.6) is 5.75 Å². The van der Waals surface area contributed by atoms with Crippen molar-refractivity contribution in [3.63, 3.8) is 0 Å².